The molecule has 0 aromatic heterocycles. The highest BCUT2D eigenvalue weighted by atomic mass is 35.5. The number of benzene rings is 3. The van der Waals surface area contributed by atoms with Gasteiger partial charge in [-0.25, -0.2) is 9.18 Å². The average molecular weight is 453 g/mol. The first kappa shape index (κ1) is 22.3. The van der Waals surface area contributed by atoms with Crippen molar-refractivity contribution in [1.82, 2.24) is 10.2 Å². The normalized spacial score (nSPS) is 20.2. The largest absolute Gasteiger partial charge is 0.415 e. The summed E-state index contributed by atoms with van der Waals surface area (Å²) in [5.41, 5.74) is 1.72. The minimum atomic E-state index is -0.541. The molecule has 0 saturated carbocycles. The molecule has 1 N–H and O–H groups in total. The second kappa shape index (κ2) is 9.72. The number of hydrogen-bond donors (Lipinski definition) is 1. The van der Waals surface area contributed by atoms with Gasteiger partial charge in [-0.3, -0.25) is 0 Å². The van der Waals surface area contributed by atoms with Crippen molar-refractivity contribution in [2.24, 2.45) is 0 Å². The Labute approximate surface area is 193 Å². The second-order valence-electron chi connectivity index (χ2n) is 8.07. The number of rotatable bonds is 6. The Balaban J connectivity index is 1.72. The Hall–Kier alpha value is -2.89. The van der Waals surface area contributed by atoms with E-state index in [4.69, 9.17) is 16.3 Å². The van der Waals surface area contributed by atoms with Crippen molar-refractivity contribution in [3.05, 3.63) is 101 Å². The van der Waals surface area contributed by atoms with Crippen molar-refractivity contribution in [1.29, 1.82) is 0 Å². The van der Waals surface area contributed by atoms with Crippen LogP contribution < -0.4 is 10.1 Å². The lowest BCUT2D eigenvalue weighted by atomic mass is 9.76. The maximum atomic E-state index is 13.4. The summed E-state index contributed by atoms with van der Waals surface area (Å²) >= 11 is 6.13. The highest BCUT2D eigenvalue weighted by molar-refractivity contribution is 6.30. The van der Waals surface area contributed by atoms with Gasteiger partial charge in [-0.1, -0.05) is 54.1 Å². The molecule has 1 heterocycles. The maximum absolute atomic E-state index is 13.4. The number of halogens is 2. The average Bonchev–Trinajstić information content (AvgIpc) is 3.21. The number of nitrogens with one attached hydrogen (secondary N) is 1. The van der Waals surface area contributed by atoms with Gasteiger partial charge in [0.2, 0.25) is 0 Å². The molecule has 0 radical (unpaired) electrons. The predicted octanol–water partition coefficient (Wildman–Crippen LogP) is 5.67. The van der Waals surface area contributed by atoms with Crippen LogP contribution in [0.3, 0.4) is 0 Å². The fraction of sp³-hybridized carbons (Fsp3) is 0.269. The molecule has 1 aliphatic rings. The van der Waals surface area contributed by atoms with Crippen LogP contribution in [-0.2, 0) is 6.42 Å². The number of hydrogen-bond acceptors (Lipinski definition) is 3. The lowest BCUT2D eigenvalue weighted by molar-refractivity contribution is 0.0836. The molecule has 4 nitrogen and oxygen atoms in total. The fourth-order valence-electron chi connectivity index (χ4n) is 4.67. The van der Waals surface area contributed by atoms with E-state index in [0.29, 0.717) is 30.3 Å². The van der Waals surface area contributed by atoms with Crippen LogP contribution in [0.1, 0.15) is 24.0 Å². The molecule has 166 valence electrons. The van der Waals surface area contributed by atoms with Crippen LogP contribution >= 0.6 is 11.6 Å². The Kier molecular flexibility index (Phi) is 6.77. The molecule has 6 heteroatoms. The molecule has 3 aromatic rings. The zero-order valence-electron chi connectivity index (χ0n) is 17.9. The van der Waals surface area contributed by atoms with Gasteiger partial charge >= 0.3 is 6.09 Å². The van der Waals surface area contributed by atoms with Crippen molar-refractivity contribution in [2.45, 2.75) is 24.8 Å². The van der Waals surface area contributed by atoms with E-state index < -0.39 is 11.6 Å². The zero-order valence-corrected chi connectivity index (χ0v) is 18.7. The van der Waals surface area contributed by atoms with E-state index in [0.717, 1.165) is 17.7 Å². The third-order valence-corrected chi connectivity index (χ3v) is 6.40. The minimum Gasteiger partial charge on any atom is -0.410 e. The molecule has 2 atom stereocenters. The minimum absolute atomic E-state index is 0.0423. The van der Waals surface area contributed by atoms with E-state index >= 15 is 0 Å². The quantitative estimate of drug-likeness (QED) is 0.524. The van der Waals surface area contributed by atoms with Gasteiger partial charge in [0.25, 0.3) is 0 Å². The Bertz CT molecular complexity index is 1040. The van der Waals surface area contributed by atoms with Crippen LogP contribution in [0.5, 0.6) is 5.75 Å². The summed E-state index contributed by atoms with van der Waals surface area (Å²) in [6.07, 6.45) is 0.221. The van der Waals surface area contributed by atoms with E-state index in [-0.39, 0.29) is 11.7 Å². The van der Waals surface area contributed by atoms with Gasteiger partial charge < -0.3 is 15.0 Å². The van der Waals surface area contributed by atoms with E-state index in [1.165, 1.54) is 24.3 Å². The fourth-order valence-corrected chi connectivity index (χ4v) is 4.79. The van der Waals surface area contributed by atoms with Gasteiger partial charge in [0.15, 0.2) is 0 Å². The van der Waals surface area contributed by atoms with Gasteiger partial charge in [-0.05, 0) is 60.9 Å². The molecule has 1 amide bonds. The highest BCUT2D eigenvalue weighted by Crippen LogP contribution is 2.40. The summed E-state index contributed by atoms with van der Waals surface area (Å²) < 4.78 is 19.0. The lowest BCUT2D eigenvalue weighted by Gasteiger charge is -2.44. The molecule has 1 aliphatic heterocycles. The number of carbonyl (C=O) groups excluding carboxylic acids is 1. The molecule has 0 unspecified atom stereocenters. The number of nitrogens with zero attached hydrogens (tertiary/aromatic N) is 1. The summed E-state index contributed by atoms with van der Waals surface area (Å²) in [4.78, 5) is 15.2. The van der Waals surface area contributed by atoms with E-state index in [2.05, 4.69) is 17.4 Å². The molecule has 0 bridgehead atoms. The van der Waals surface area contributed by atoms with Crippen molar-refractivity contribution >= 4 is 17.7 Å². The van der Waals surface area contributed by atoms with Crippen molar-refractivity contribution in [3.63, 3.8) is 0 Å². The molecule has 0 spiro atoms. The monoisotopic (exact) mass is 452 g/mol. The van der Waals surface area contributed by atoms with Crippen LogP contribution in [-0.4, -0.2) is 36.2 Å². The molecule has 1 saturated heterocycles. The predicted molar refractivity (Wildman–Crippen MR) is 125 cm³/mol. The third-order valence-electron chi connectivity index (χ3n) is 6.15. The Morgan fingerprint density at radius 3 is 2.44 bits per heavy atom. The summed E-state index contributed by atoms with van der Waals surface area (Å²) in [6.45, 7) is 3.78. The number of carbonyl (C=O) groups is 1. The van der Waals surface area contributed by atoms with Gasteiger partial charge in [-0.2, -0.15) is 0 Å². The van der Waals surface area contributed by atoms with E-state index in [1.54, 1.807) is 0 Å². The van der Waals surface area contributed by atoms with Gasteiger partial charge in [0, 0.05) is 30.6 Å². The van der Waals surface area contributed by atoms with Crippen LogP contribution in [0.2, 0.25) is 5.02 Å². The summed E-state index contributed by atoms with van der Waals surface area (Å²) in [7, 11) is 0. The molecule has 0 aliphatic carbocycles. The number of ether oxygens (including phenoxy) is 1. The summed E-state index contributed by atoms with van der Waals surface area (Å²) in [5.74, 6) is -0.0140. The van der Waals surface area contributed by atoms with Gasteiger partial charge in [-0.15, -0.1) is 0 Å². The van der Waals surface area contributed by atoms with Crippen molar-refractivity contribution in [2.75, 3.05) is 19.6 Å². The van der Waals surface area contributed by atoms with E-state index in [1.807, 2.05) is 54.3 Å². The van der Waals surface area contributed by atoms with Crippen LogP contribution in [0, 0.1) is 5.82 Å². The first-order valence-electron chi connectivity index (χ1n) is 10.8. The highest BCUT2D eigenvalue weighted by Gasteiger charge is 2.50. The Morgan fingerprint density at radius 1 is 1.09 bits per heavy atom. The van der Waals surface area contributed by atoms with E-state index in [9.17, 15) is 9.18 Å². The zero-order chi connectivity index (χ0) is 22.6. The topological polar surface area (TPSA) is 41.6 Å². The van der Waals surface area contributed by atoms with Crippen molar-refractivity contribution < 1.29 is 13.9 Å². The smallest absolute Gasteiger partial charge is 0.410 e. The molecular formula is C26H26ClFN2O2. The molecule has 3 aromatic carbocycles. The number of amides is 1. The standard InChI is InChI=1S/C26H26ClFN2O2/c1-2-30(25(31)32-23-14-12-22(28)13-15-23)26(16-19-6-4-3-5-7-19)18-29-17-24(26)20-8-10-21(27)11-9-20/h3-15,24,29H,2,16-18H2,1H3/t24-,26+/m0/s1. The summed E-state index contributed by atoms with van der Waals surface area (Å²) in [6, 6.07) is 23.5. The van der Waals surface area contributed by atoms with Crippen LogP contribution in [0.4, 0.5) is 9.18 Å². The van der Waals surface area contributed by atoms with Crippen molar-refractivity contribution in [3.8, 4) is 5.75 Å². The van der Waals surface area contributed by atoms with Crippen LogP contribution in [0.25, 0.3) is 0 Å². The van der Waals surface area contributed by atoms with Gasteiger partial charge in [0.05, 0.1) is 5.54 Å². The number of likely N-dealkylation sites (N-methyl/N-ethyl adjacent to an activating group) is 1. The third kappa shape index (κ3) is 4.64. The molecule has 4 rings (SSSR count). The Morgan fingerprint density at radius 2 is 1.78 bits per heavy atom. The summed E-state index contributed by atoms with van der Waals surface area (Å²) in [5, 5.41) is 4.18. The second-order valence-corrected chi connectivity index (χ2v) is 8.50. The lowest BCUT2D eigenvalue weighted by Crippen LogP contribution is -2.58. The molecule has 1 fully saturated rings. The molecular weight excluding hydrogens is 427 g/mol. The SMILES string of the molecule is CCN(C(=O)Oc1ccc(F)cc1)[C@]1(Cc2ccccc2)CNC[C@H]1c1ccc(Cl)cc1. The first-order valence-corrected chi connectivity index (χ1v) is 11.1. The first-order chi connectivity index (χ1) is 15.5. The van der Waals surface area contributed by atoms with Gasteiger partial charge in [0.1, 0.15) is 11.6 Å². The molecule has 32 heavy (non-hydrogen) atoms. The maximum Gasteiger partial charge on any atom is 0.415 e. The van der Waals surface area contributed by atoms with Crippen LogP contribution in [0.15, 0.2) is 78.9 Å².